The number of benzene rings is 2. The predicted molar refractivity (Wildman–Crippen MR) is 109 cm³/mol. The van der Waals surface area contributed by atoms with Crippen LogP contribution in [0.3, 0.4) is 0 Å². The van der Waals surface area contributed by atoms with Gasteiger partial charge in [-0.15, -0.1) is 0 Å². The van der Waals surface area contributed by atoms with Crippen molar-refractivity contribution in [2.24, 2.45) is 0 Å². The van der Waals surface area contributed by atoms with Crippen molar-refractivity contribution in [3.05, 3.63) is 59.1 Å². The first kappa shape index (κ1) is 18.0. The molecule has 1 saturated heterocycles. The topological polar surface area (TPSA) is 36.5 Å². The molecule has 0 radical (unpaired) electrons. The summed E-state index contributed by atoms with van der Waals surface area (Å²) in [6, 6.07) is 16.2. The van der Waals surface area contributed by atoms with E-state index in [1.807, 2.05) is 24.3 Å². The standard InChI is InChI=1S/C19H22ClN3OS/c1-14(21-19(25)22-18-5-3-2-4-17(18)20)15-6-8-16(9-7-15)23-10-12-24-13-11-23/h2-9,14H,10-13H2,1H3,(H2,21,22,25). The van der Waals surface area contributed by atoms with Gasteiger partial charge in [0.1, 0.15) is 0 Å². The van der Waals surface area contributed by atoms with E-state index >= 15 is 0 Å². The summed E-state index contributed by atoms with van der Waals surface area (Å²) in [6.45, 7) is 5.56. The molecule has 1 unspecified atom stereocenters. The van der Waals surface area contributed by atoms with Crippen LogP contribution in [0.4, 0.5) is 11.4 Å². The number of thiocarbonyl (C=S) groups is 1. The van der Waals surface area contributed by atoms with E-state index in [1.54, 1.807) is 0 Å². The third-order valence-corrected chi connectivity index (χ3v) is 4.79. The molecule has 132 valence electrons. The molecular weight excluding hydrogens is 354 g/mol. The molecule has 1 fully saturated rings. The fourth-order valence-corrected chi connectivity index (χ4v) is 3.27. The molecule has 1 atom stereocenters. The number of anilines is 2. The van der Waals surface area contributed by atoms with Gasteiger partial charge in [0.2, 0.25) is 0 Å². The van der Waals surface area contributed by atoms with Crippen molar-refractivity contribution in [2.45, 2.75) is 13.0 Å². The molecule has 0 spiro atoms. The van der Waals surface area contributed by atoms with Gasteiger partial charge in [0, 0.05) is 18.8 Å². The van der Waals surface area contributed by atoms with Crippen LogP contribution in [0.25, 0.3) is 0 Å². The lowest BCUT2D eigenvalue weighted by Gasteiger charge is -2.29. The number of hydrogen-bond donors (Lipinski definition) is 2. The number of morpholine rings is 1. The smallest absolute Gasteiger partial charge is 0.171 e. The lowest BCUT2D eigenvalue weighted by Crippen LogP contribution is -2.36. The molecule has 2 aromatic rings. The second kappa shape index (κ2) is 8.52. The quantitative estimate of drug-likeness (QED) is 0.782. The second-order valence-electron chi connectivity index (χ2n) is 5.99. The molecule has 0 aliphatic carbocycles. The number of nitrogens with one attached hydrogen (secondary N) is 2. The van der Waals surface area contributed by atoms with Gasteiger partial charge in [-0.05, 0) is 49.0 Å². The molecule has 0 amide bonds. The first-order chi connectivity index (χ1) is 12.1. The summed E-state index contributed by atoms with van der Waals surface area (Å²) in [5, 5.41) is 7.64. The van der Waals surface area contributed by atoms with Crippen molar-refractivity contribution in [2.75, 3.05) is 36.5 Å². The van der Waals surface area contributed by atoms with Crippen LogP contribution in [0.15, 0.2) is 48.5 Å². The molecule has 2 aromatic carbocycles. The highest BCUT2D eigenvalue weighted by Gasteiger charge is 2.12. The second-order valence-corrected chi connectivity index (χ2v) is 6.81. The largest absolute Gasteiger partial charge is 0.378 e. The van der Waals surface area contributed by atoms with Crippen molar-refractivity contribution in [3.8, 4) is 0 Å². The molecule has 4 nitrogen and oxygen atoms in total. The number of rotatable bonds is 4. The number of halogens is 1. The molecule has 0 aromatic heterocycles. The zero-order valence-corrected chi connectivity index (χ0v) is 15.7. The van der Waals surface area contributed by atoms with Gasteiger partial charge in [-0.3, -0.25) is 0 Å². The third-order valence-electron chi connectivity index (χ3n) is 4.24. The summed E-state index contributed by atoms with van der Waals surface area (Å²) in [5.41, 5.74) is 3.22. The maximum absolute atomic E-state index is 6.15. The Kier molecular flexibility index (Phi) is 6.13. The van der Waals surface area contributed by atoms with Gasteiger partial charge < -0.3 is 20.3 Å². The van der Waals surface area contributed by atoms with Crippen LogP contribution >= 0.6 is 23.8 Å². The molecule has 3 rings (SSSR count). The summed E-state index contributed by atoms with van der Waals surface area (Å²) in [7, 11) is 0. The first-order valence-electron chi connectivity index (χ1n) is 8.38. The average Bonchev–Trinajstić information content (AvgIpc) is 2.64. The summed E-state index contributed by atoms with van der Waals surface area (Å²) < 4.78 is 5.40. The van der Waals surface area contributed by atoms with Crippen LogP contribution in [0.5, 0.6) is 0 Å². The Bertz CT molecular complexity index is 717. The van der Waals surface area contributed by atoms with E-state index in [1.165, 1.54) is 11.3 Å². The van der Waals surface area contributed by atoms with E-state index in [9.17, 15) is 0 Å². The molecule has 1 aliphatic rings. The van der Waals surface area contributed by atoms with E-state index in [-0.39, 0.29) is 6.04 Å². The van der Waals surface area contributed by atoms with E-state index in [0.29, 0.717) is 10.1 Å². The van der Waals surface area contributed by atoms with Crippen LogP contribution < -0.4 is 15.5 Å². The van der Waals surface area contributed by atoms with Crippen molar-refractivity contribution >= 4 is 40.3 Å². The highest BCUT2D eigenvalue weighted by Crippen LogP contribution is 2.22. The number of para-hydroxylation sites is 1. The molecule has 1 aliphatic heterocycles. The average molecular weight is 376 g/mol. The molecule has 1 heterocycles. The normalized spacial score (nSPS) is 15.5. The zero-order valence-electron chi connectivity index (χ0n) is 14.2. The zero-order chi connectivity index (χ0) is 17.6. The van der Waals surface area contributed by atoms with Gasteiger partial charge in [0.15, 0.2) is 5.11 Å². The Morgan fingerprint density at radius 3 is 2.48 bits per heavy atom. The van der Waals surface area contributed by atoms with Crippen LogP contribution in [-0.4, -0.2) is 31.4 Å². The van der Waals surface area contributed by atoms with Crippen LogP contribution in [0.1, 0.15) is 18.5 Å². The lowest BCUT2D eigenvalue weighted by molar-refractivity contribution is 0.122. The minimum absolute atomic E-state index is 0.0984. The van der Waals surface area contributed by atoms with Gasteiger partial charge in [-0.1, -0.05) is 35.9 Å². The van der Waals surface area contributed by atoms with E-state index < -0.39 is 0 Å². The lowest BCUT2D eigenvalue weighted by atomic mass is 10.1. The fourth-order valence-electron chi connectivity index (χ4n) is 2.80. The Morgan fingerprint density at radius 1 is 1.12 bits per heavy atom. The van der Waals surface area contributed by atoms with Crippen LogP contribution in [-0.2, 0) is 4.74 Å². The number of nitrogens with zero attached hydrogens (tertiary/aromatic N) is 1. The van der Waals surface area contributed by atoms with Gasteiger partial charge >= 0.3 is 0 Å². The molecule has 0 bridgehead atoms. The molecule has 6 heteroatoms. The predicted octanol–water partition coefficient (Wildman–Crippen LogP) is 4.22. The number of ether oxygens (including phenoxy) is 1. The molecule has 25 heavy (non-hydrogen) atoms. The minimum Gasteiger partial charge on any atom is -0.378 e. The van der Waals surface area contributed by atoms with E-state index in [4.69, 9.17) is 28.6 Å². The Balaban J connectivity index is 1.58. The first-order valence-corrected chi connectivity index (χ1v) is 9.17. The van der Waals surface area contributed by atoms with Crippen LogP contribution in [0.2, 0.25) is 5.02 Å². The SMILES string of the molecule is CC(NC(=S)Nc1ccccc1Cl)c1ccc(N2CCOCC2)cc1. The minimum atomic E-state index is 0.0984. The Hall–Kier alpha value is -1.82. The summed E-state index contributed by atoms with van der Waals surface area (Å²) in [4.78, 5) is 2.34. The summed E-state index contributed by atoms with van der Waals surface area (Å²) in [6.07, 6.45) is 0. The van der Waals surface area contributed by atoms with Crippen molar-refractivity contribution in [3.63, 3.8) is 0 Å². The molecule has 0 saturated carbocycles. The highest BCUT2D eigenvalue weighted by atomic mass is 35.5. The van der Waals surface area contributed by atoms with Gasteiger partial charge in [-0.25, -0.2) is 0 Å². The van der Waals surface area contributed by atoms with E-state index in [0.717, 1.165) is 32.0 Å². The maximum Gasteiger partial charge on any atom is 0.171 e. The highest BCUT2D eigenvalue weighted by molar-refractivity contribution is 7.80. The summed E-state index contributed by atoms with van der Waals surface area (Å²) in [5.74, 6) is 0. The van der Waals surface area contributed by atoms with E-state index in [2.05, 4.69) is 46.7 Å². The van der Waals surface area contributed by atoms with Crippen molar-refractivity contribution in [1.82, 2.24) is 5.32 Å². The van der Waals surface area contributed by atoms with Crippen LogP contribution in [0, 0.1) is 0 Å². The Labute approximate surface area is 159 Å². The van der Waals surface area contributed by atoms with Crippen molar-refractivity contribution in [1.29, 1.82) is 0 Å². The molecular formula is C19H22ClN3OS. The van der Waals surface area contributed by atoms with Gasteiger partial charge in [0.05, 0.1) is 30.0 Å². The van der Waals surface area contributed by atoms with Crippen molar-refractivity contribution < 1.29 is 4.74 Å². The monoisotopic (exact) mass is 375 g/mol. The number of hydrogen-bond acceptors (Lipinski definition) is 3. The Morgan fingerprint density at radius 2 is 1.80 bits per heavy atom. The van der Waals surface area contributed by atoms with Gasteiger partial charge in [0.25, 0.3) is 0 Å². The third kappa shape index (κ3) is 4.84. The van der Waals surface area contributed by atoms with Gasteiger partial charge in [-0.2, -0.15) is 0 Å². The maximum atomic E-state index is 6.15. The summed E-state index contributed by atoms with van der Waals surface area (Å²) >= 11 is 11.5. The fraction of sp³-hybridized carbons (Fsp3) is 0.316. The molecule has 2 N–H and O–H groups in total.